The molecule has 1 heterocycles. The molecule has 7 heteroatoms. The Balaban J connectivity index is 1.36. The van der Waals surface area contributed by atoms with Crippen molar-refractivity contribution in [3.05, 3.63) is 77.1 Å². The highest BCUT2D eigenvalue weighted by molar-refractivity contribution is 7.22. The van der Waals surface area contributed by atoms with Crippen LogP contribution in [0.1, 0.15) is 64.4 Å². The largest absolute Gasteiger partial charge is 0.491 e. The van der Waals surface area contributed by atoms with Crippen molar-refractivity contribution in [1.29, 1.82) is 0 Å². The van der Waals surface area contributed by atoms with E-state index in [4.69, 9.17) is 4.74 Å². The van der Waals surface area contributed by atoms with E-state index in [0.29, 0.717) is 29.2 Å². The Morgan fingerprint density at radius 3 is 1.98 bits per heavy atom. The lowest BCUT2D eigenvalue weighted by atomic mass is 9.78. The fourth-order valence-corrected chi connectivity index (χ4v) is 7.07. The molecule has 1 aliphatic carbocycles. The van der Waals surface area contributed by atoms with E-state index in [1.807, 2.05) is 0 Å². The van der Waals surface area contributed by atoms with Gasteiger partial charge in [0.15, 0.2) is 34.8 Å². The standard InChI is InChI=1S/C33H33F5OS/c1-3-5-19-6-8-20(9-7-19)10-11-21-12-14-23(29(35)28(21)34)24-15-16-25(31(37)30(24)36)27-18-22-13-17-26(39-4-2)32(38)33(22)40-27/h12-20H,3-11H2,1-2H3. The molecule has 4 aromatic rings. The number of fused-ring (bicyclic) bond motifs is 1. The van der Waals surface area contributed by atoms with Crippen molar-refractivity contribution < 1.29 is 26.7 Å². The van der Waals surface area contributed by atoms with Gasteiger partial charge in [-0.05, 0) is 66.8 Å². The summed E-state index contributed by atoms with van der Waals surface area (Å²) in [5.74, 6) is -3.85. The molecule has 0 aliphatic heterocycles. The third-order valence-corrected chi connectivity index (χ3v) is 9.35. The molecule has 0 atom stereocenters. The van der Waals surface area contributed by atoms with E-state index in [0.717, 1.165) is 36.5 Å². The monoisotopic (exact) mass is 572 g/mol. The van der Waals surface area contributed by atoms with E-state index in [1.54, 1.807) is 19.1 Å². The van der Waals surface area contributed by atoms with Crippen molar-refractivity contribution in [3.8, 4) is 27.3 Å². The predicted octanol–water partition coefficient (Wildman–Crippen LogP) is 10.9. The van der Waals surface area contributed by atoms with Crippen LogP contribution >= 0.6 is 11.3 Å². The van der Waals surface area contributed by atoms with Crippen LogP contribution in [0.15, 0.2) is 42.5 Å². The molecular formula is C33H33F5OS. The van der Waals surface area contributed by atoms with Crippen molar-refractivity contribution in [2.45, 2.75) is 65.2 Å². The van der Waals surface area contributed by atoms with E-state index in [-0.39, 0.29) is 32.7 Å². The highest BCUT2D eigenvalue weighted by Gasteiger charge is 2.24. The molecule has 1 aliphatic rings. The topological polar surface area (TPSA) is 9.23 Å². The first kappa shape index (κ1) is 28.6. The SMILES string of the molecule is CCCC1CCC(CCc2ccc(-c3ccc(-c4cc5ccc(OCC)c(F)c5s4)c(F)c3F)c(F)c2F)CC1. The zero-order valence-electron chi connectivity index (χ0n) is 22.8. The molecule has 0 spiro atoms. The predicted molar refractivity (Wildman–Crippen MR) is 152 cm³/mol. The molecule has 0 amide bonds. The summed E-state index contributed by atoms with van der Waals surface area (Å²) in [7, 11) is 0. The minimum absolute atomic E-state index is 0.0778. The molecule has 1 saturated carbocycles. The number of aryl methyl sites for hydroxylation is 1. The Hall–Kier alpha value is -2.93. The van der Waals surface area contributed by atoms with Gasteiger partial charge in [0.25, 0.3) is 0 Å². The molecule has 0 radical (unpaired) electrons. The van der Waals surface area contributed by atoms with Gasteiger partial charge < -0.3 is 4.74 Å². The van der Waals surface area contributed by atoms with E-state index in [2.05, 4.69) is 6.92 Å². The minimum Gasteiger partial charge on any atom is -0.491 e. The molecule has 1 fully saturated rings. The summed E-state index contributed by atoms with van der Waals surface area (Å²) in [6, 6.07) is 10.1. The summed E-state index contributed by atoms with van der Waals surface area (Å²) in [5.41, 5.74) is -0.503. The number of thiophene rings is 1. The number of hydrogen-bond donors (Lipinski definition) is 0. The number of halogens is 5. The lowest BCUT2D eigenvalue weighted by molar-refractivity contribution is 0.251. The van der Waals surface area contributed by atoms with Gasteiger partial charge in [0.2, 0.25) is 0 Å². The van der Waals surface area contributed by atoms with Gasteiger partial charge >= 0.3 is 0 Å². The van der Waals surface area contributed by atoms with Gasteiger partial charge in [-0.15, -0.1) is 11.3 Å². The number of rotatable bonds is 9. The van der Waals surface area contributed by atoms with Crippen molar-refractivity contribution in [2.24, 2.45) is 11.8 Å². The van der Waals surface area contributed by atoms with Gasteiger partial charge in [-0.1, -0.05) is 63.6 Å². The Kier molecular flexibility index (Phi) is 8.79. The Morgan fingerprint density at radius 2 is 1.30 bits per heavy atom. The third-order valence-electron chi connectivity index (χ3n) is 8.18. The van der Waals surface area contributed by atoms with Crippen LogP contribution in [0, 0.1) is 40.9 Å². The summed E-state index contributed by atoms with van der Waals surface area (Å²) < 4.78 is 81.1. The van der Waals surface area contributed by atoms with Gasteiger partial charge in [-0.3, -0.25) is 0 Å². The van der Waals surface area contributed by atoms with E-state index >= 15 is 17.6 Å². The van der Waals surface area contributed by atoms with Gasteiger partial charge in [0, 0.05) is 21.6 Å². The van der Waals surface area contributed by atoms with Crippen LogP contribution in [0.4, 0.5) is 22.0 Å². The van der Waals surface area contributed by atoms with Crippen molar-refractivity contribution in [1.82, 2.24) is 0 Å². The molecule has 0 bridgehead atoms. The third kappa shape index (κ3) is 5.63. The maximum atomic E-state index is 15.3. The number of benzene rings is 3. The molecule has 3 aromatic carbocycles. The van der Waals surface area contributed by atoms with Crippen LogP contribution in [-0.4, -0.2) is 6.61 Å². The minimum atomic E-state index is -1.28. The van der Waals surface area contributed by atoms with E-state index < -0.39 is 29.1 Å². The Morgan fingerprint density at radius 1 is 0.700 bits per heavy atom. The average molecular weight is 573 g/mol. The molecule has 0 unspecified atom stereocenters. The van der Waals surface area contributed by atoms with Gasteiger partial charge in [0.1, 0.15) is 0 Å². The van der Waals surface area contributed by atoms with E-state index in [1.165, 1.54) is 56.0 Å². The van der Waals surface area contributed by atoms with E-state index in [9.17, 15) is 4.39 Å². The molecule has 212 valence electrons. The van der Waals surface area contributed by atoms with Crippen LogP contribution in [0.25, 0.3) is 31.7 Å². The molecule has 1 aromatic heterocycles. The van der Waals surface area contributed by atoms with Crippen LogP contribution < -0.4 is 4.74 Å². The second-order valence-corrected chi connectivity index (χ2v) is 11.8. The van der Waals surface area contributed by atoms with Crippen molar-refractivity contribution >= 4 is 21.4 Å². The summed E-state index contributed by atoms with van der Waals surface area (Å²) in [6.07, 6.45) is 8.27. The average Bonchev–Trinajstić information content (AvgIpc) is 3.39. The first-order valence-electron chi connectivity index (χ1n) is 14.1. The summed E-state index contributed by atoms with van der Waals surface area (Å²) >= 11 is 0.973. The first-order chi connectivity index (χ1) is 19.3. The van der Waals surface area contributed by atoms with Gasteiger partial charge in [-0.2, -0.15) is 0 Å². The molecule has 0 saturated heterocycles. The quantitative estimate of drug-likeness (QED) is 0.181. The van der Waals surface area contributed by atoms with Crippen LogP contribution in [0.3, 0.4) is 0 Å². The normalized spacial score (nSPS) is 17.5. The first-order valence-corrected chi connectivity index (χ1v) is 14.9. The zero-order chi connectivity index (χ0) is 28.4. The highest BCUT2D eigenvalue weighted by Crippen LogP contribution is 2.41. The summed E-state index contributed by atoms with van der Waals surface area (Å²) in [4.78, 5) is 0.316. The molecule has 5 rings (SSSR count). The van der Waals surface area contributed by atoms with Crippen molar-refractivity contribution in [3.63, 3.8) is 0 Å². The molecule has 0 N–H and O–H groups in total. The Labute approximate surface area is 236 Å². The highest BCUT2D eigenvalue weighted by atomic mass is 32.1. The maximum absolute atomic E-state index is 15.3. The fraction of sp³-hybridized carbons (Fsp3) is 0.394. The molecular weight excluding hydrogens is 539 g/mol. The van der Waals surface area contributed by atoms with Crippen molar-refractivity contribution in [2.75, 3.05) is 6.61 Å². The van der Waals surface area contributed by atoms with Crippen LogP contribution in [0.5, 0.6) is 5.75 Å². The molecule has 40 heavy (non-hydrogen) atoms. The second kappa shape index (κ2) is 12.3. The lowest BCUT2D eigenvalue weighted by Crippen LogP contribution is -2.15. The maximum Gasteiger partial charge on any atom is 0.182 e. The Bertz CT molecular complexity index is 1500. The van der Waals surface area contributed by atoms with Gasteiger partial charge in [-0.25, -0.2) is 22.0 Å². The second-order valence-electron chi connectivity index (χ2n) is 10.7. The zero-order valence-corrected chi connectivity index (χ0v) is 23.6. The molecule has 1 nitrogen and oxygen atoms in total. The lowest BCUT2D eigenvalue weighted by Gasteiger charge is -2.28. The fourth-order valence-electron chi connectivity index (χ4n) is 5.97. The smallest absolute Gasteiger partial charge is 0.182 e. The van der Waals surface area contributed by atoms with Gasteiger partial charge in [0.05, 0.1) is 11.3 Å². The van der Waals surface area contributed by atoms with Crippen LogP contribution in [-0.2, 0) is 6.42 Å². The summed E-state index contributed by atoms with van der Waals surface area (Å²) in [5, 5.41) is 0.530. The summed E-state index contributed by atoms with van der Waals surface area (Å²) in [6.45, 7) is 4.24. The number of hydrogen-bond acceptors (Lipinski definition) is 2. The number of ether oxygens (including phenoxy) is 1. The van der Waals surface area contributed by atoms with Crippen LogP contribution in [0.2, 0.25) is 0 Å².